The van der Waals surface area contributed by atoms with Crippen molar-refractivity contribution in [2.24, 2.45) is 5.92 Å². The largest absolute Gasteiger partial charge is 0.381 e. The summed E-state index contributed by atoms with van der Waals surface area (Å²) in [5.74, 6) is 0.612. The van der Waals surface area contributed by atoms with Crippen LogP contribution in [0.25, 0.3) is 0 Å². The first-order chi connectivity index (χ1) is 9.09. The van der Waals surface area contributed by atoms with Gasteiger partial charge in [0.25, 0.3) is 0 Å². The van der Waals surface area contributed by atoms with Crippen LogP contribution in [0.1, 0.15) is 17.8 Å². The van der Waals surface area contributed by atoms with Crippen molar-refractivity contribution in [2.45, 2.75) is 26.8 Å². The van der Waals surface area contributed by atoms with E-state index in [9.17, 15) is 4.79 Å². The van der Waals surface area contributed by atoms with E-state index < -0.39 is 0 Å². The summed E-state index contributed by atoms with van der Waals surface area (Å²) in [6, 6.07) is 0. The smallest absolute Gasteiger partial charge is 0.348 e. The average molecular weight is 330 g/mol. The second-order valence-electron chi connectivity index (χ2n) is 4.96. The van der Waals surface area contributed by atoms with E-state index in [-0.39, 0.29) is 5.69 Å². The van der Waals surface area contributed by atoms with Gasteiger partial charge in [-0.2, -0.15) is 4.98 Å². The summed E-state index contributed by atoms with van der Waals surface area (Å²) >= 11 is 3.47. The normalized spacial score (nSPS) is 19.0. The van der Waals surface area contributed by atoms with Gasteiger partial charge in [-0.3, -0.25) is 4.57 Å². The molecule has 0 amide bonds. The fourth-order valence-corrected chi connectivity index (χ4v) is 2.58. The number of nitrogens with zero attached hydrogens (tertiary/aromatic N) is 2. The van der Waals surface area contributed by atoms with Crippen LogP contribution in [-0.4, -0.2) is 35.9 Å². The highest BCUT2D eigenvalue weighted by Gasteiger charge is 2.14. The van der Waals surface area contributed by atoms with Gasteiger partial charge < -0.3 is 10.1 Å². The van der Waals surface area contributed by atoms with E-state index in [1.54, 1.807) is 4.57 Å². The zero-order valence-corrected chi connectivity index (χ0v) is 13.0. The molecular weight excluding hydrogens is 310 g/mol. The van der Waals surface area contributed by atoms with Crippen molar-refractivity contribution in [3.63, 3.8) is 0 Å². The zero-order chi connectivity index (χ0) is 13.8. The summed E-state index contributed by atoms with van der Waals surface area (Å²) in [5.41, 5.74) is 1.50. The Morgan fingerprint density at radius 1 is 1.53 bits per heavy atom. The number of aryl methyl sites for hydroxylation is 1. The maximum atomic E-state index is 11.8. The highest BCUT2D eigenvalue weighted by Crippen LogP contribution is 2.16. The number of hydrogen-bond acceptors (Lipinski definition) is 4. The molecule has 0 bridgehead atoms. The maximum absolute atomic E-state index is 11.8. The molecule has 1 aromatic heterocycles. The molecule has 1 aliphatic rings. The first-order valence-corrected chi connectivity index (χ1v) is 7.41. The minimum Gasteiger partial charge on any atom is -0.381 e. The van der Waals surface area contributed by atoms with Crippen LogP contribution in [0.4, 0.5) is 0 Å². The van der Waals surface area contributed by atoms with Crippen LogP contribution in [0.15, 0.2) is 9.27 Å². The number of rotatable bonds is 5. The SMILES string of the molecule is Cc1nc(=O)n(CCNCC2CCOC2)c(C)c1Br. The lowest BCUT2D eigenvalue weighted by molar-refractivity contribution is 0.185. The van der Waals surface area contributed by atoms with Gasteiger partial charge in [0.1, 0.15) is 0 Å². The van der Waals surface area contributed by atoms with Gasteiger partial charge in [0.05, 0.1) is 16.8 Å². The minimum absolute atomic E-state index is 0.177. The fraction of sp³-hybridized carbons (Fsp3) is 0.692. The van der Waals surface area contributed by atoms with Crippen molar-refractivity contribution in [1.82, 2.24) is 14.9 Å². The van der Waals surface area contributed by atoms with E-state index in [1.165, 1.54) is 0 Å². The molecule has 2 heterocycles. The number of hydrogen-bond donors (Lipinski definition) is 1. The van der Waals surface area contributed by atoms with E-state index in [0.717, 1.165) is 48.6 Å². The monoisotopic (exact) mass is 329 g/mol. The van der Waals surface area contributed by atoms with Gasteiger partial charge >= 0.3 is 5.69 Å². The minimum atomic E-state index is -0.177. The number of nitrogens with one attached hydrogen (secondary N) is 1. The highest BCUT2D eigenvalue weighted by atomic mass is 79.9. The quantitative estimate of drug-likeness (QED) is 0.826. The van der Waals surface area contributed by atoms with Crippen LogP contribution in [-0.2, 0) is 11.3 Å². The van der Waals surface area contributed by atoms with Gasteiger partial charge in [0.2, 0.25) is 0 Å². The summed E-state index contributed by atoms with van der Waals surface area (Å²) in [4.78, 5) is 15.8. The molecule has 0 aromatic carbocycles. The molecule has 0 saturated carbocycles. The molecule has 1 saturated heterocycles. The standard InChI is InChI=1S/C13H20BrN3O2/c1-9-12(14)10(2)17(13(18)16-9)5-4-15-7-11-3-6-19-8-11/h11,15H,3-8H2,1-2H3. The Hall–Kier alpha value is -0.720. The summed E-state index contributed by atoms with van der Waals surface area (Å²) < 4.78 is 7.94. The molecule has 19 heavy (non-hydrogen) atoms. The number of aromatic nitrogens is 2. The van der Waals surface area contributed by atoms with E-state index in [0.29, 0.717) is 12.5 Å². The van der Waals surface area contributed by atoms with Crippen LogP contribution < -0.4 is 11.0 Å². The molecule has 1 atom stereocenters. The van der Waals surface area contributed by atoms with Gasteiger partial charge in [-0.25, -0.2) is 4.79 Å². The zero-order valence-electron chi connectivity index (χ0n) is 11.4. The molecule has 1 fully saturated rings. The molecule has 6 heteroatoms. The summed E-state index contributed by atoms with van der Waals surface area (Å²) in [6.07, 6.45) is 1.13. The predicted molar refractivity (Wildman–Crippen MR) is 77.5 cm³/mol. The van der Waals surface area contributed by atoms with Crippen molar-refractivity contribution in [2.75, 3.05) is 26.3 Å². The topological polar surface area (TPSA) is 56.2 Å². The molecule has 1 aliphatic heterocycles. The molecule has 1 N–H and O–H groups in total. The van der Waals surface area contributed by atoms with Gasteiger partial charge in [0, 0.05) is 31.9 Å². The van der Waals surface area contributed by atoms with E-state index in [2.05, 4.69) is 26.2 Å². The lowest BCUT2D eigenvalue weighted by Gasteiger charge is -2.13. The lowest BCUT2D eigenvalue weighted by atomic mass is 10.1. The van der Waals surface area contributed by atoms with Crippen LogP contribution in [0.5, 0.6) is 0 Å². The van der Waals surface area contributed by atoms with E-state index >= 15 is 0 Å². The Bertz CT molecular complexity index is 495. The number of ether oxygens (including phenoxy) is 1. The summed E-state index contributed by atoms with van der Waals surface area (Å²) in [7, 11) is 0. The van der Waals surface area contributed by atoms with Gasteiger partial charge in [-0.1, -0.05) is 0 Å². The average Bonchev–Trinajstić information content (AvgIpc) is 2.88. The molecule has 1 aromatic rings. The maximum Gasteiger partial charge on any atom is 0.348 e. The fourth-order valence-electron chi connectivity index (χ4n) is 2.28. The van der Waals surface area contributed by atoms with Crippen LogP contribution in [0.2, 0.25) is 0 Å². The third kappa shape index (κ3) is 3.64. The predicted octanol–water partition coefficient (Wildman–Crippen LogP) is 1.25. The molecule has 1 unspecified atom stereocenters. The molecule has 0 radical (unpaired) electrons. The lowest BCUT2D eigenvalue weighted by Crippen LogP contribution is -2.32. The van der Waals surface area contributed by atoms with Gasteiger partial charge in [-0.05, 0) is 42.1 Å². The molecule has 2 rings (SSSR count). The van der Waals surface area contributed by atoms with E-state index in [4.69, 9.17) is 4.74 Å². The van der Waals surface area contributed by atoms with Crippen molar-refractivity contribution >= 4 is 15.9 Å². The van der Waals surface area contributed by atoms with Crippen molar-refractivity contribution < 1.29 is 4.74 Å². The first-order valence-electron chi connectivity index (χ1n) is 6.61. The Morgan fingerprint density at radius 2 is 2.32 bits per heavy atom. The van der Waals surface area contributed by atoms with Gasteiger partial charge in [0.15, 0.2) is 0 Å². The van der Waals surface area contributed by atoms with Crippen LogP contribution >= 0.6 is 15.9 Å². The van der Waals surface area contributed by atoms with Crippen molar-refractivity contribution in [3.05, 3.63) is 26.3 Å². The third-order valence-electron chi connectivity index (χ3n) is 3.50. The third-order valence-corrected chi connectivity index (χ3v) is 4.65. The Morgan fingerprint density at radius 3 is 3.00 bits per heavy atom. The first kappa shape index (κ1) is 14.7. The Balaban J connectivity index is 1.89. The highest BCUT2D eigenvalue weighted by molar-refractivity contribution is 9.10. The number of halogens is 1. The van der Waals surface area contributed by atoms with Crippen LogP contribution in [0, 0.1) is 19.8 Å². The second-order valence-corrected chi connectivity index (χ2v) is 5.76. The molecule has 106 valence electrons. The molecule has 0 aliphatic carbocycles. The van der Waals surface area contributed by atoms with E-state index in [1.807, 2.05) is 13.8 Å². The van der Waals surface area contributed by atoms with Crippen molar-refractivity contribution in [3.8, 4) is 0 Å². The Kier molecular flexibility index (Phi) is 5.13. The molecule has 0 spiro atoms. The summed E-state index contributed by atoms with van der Waals surface area (Å²) in [5, 5.41) is 3.38. The van der Waals surface area contributed by atoms with Crippen molar-refractivity contribution in [1.29, 1.82) is 0 Å². The Labute approximate surface area is 121 Å². The summed E-state index contributed by atoms with van der Waals surface area (Å²) in [6.45, 7) is 7.86. The molecular formula is C13H20BrN3O2. The second kappa shape index (κ2) is 6.63. The van der Waals surface area contributed by atoms with Gasteiger partial charge in [-0.15, -0.1) is 0 Å². The molecule has 5 nitrogen and oxygen atoms in total. The van der Waals surface area contributed by atoms with Crippen LogP contribution in [0.3, 0.4) is 0 Å².